The average Bonchev–Trinajstić information content (AvgIpc) is 3.22. The molecule has 0 aliphatic heterocycles. The molecule has 0 bridgehead atoms. The zero-order valence-corrected chi connectivity index (χ0v) is 21.7. The van der Waals surface area contributed by atoms with E-state index in [-0.39, 0.29) is 14.9 Å². The molecule has 26 heavy (non-hydrogen) atoms. The van der Waals surface area contributed by atoms with E-state index in [1.165, 1.54) is 38.5 Å². The summed E-state index contributed by atoms with van der Waals surface area (Å²) in [6.45, 7) is 5.38. The average molecular weight is 481 g/mol. The summed E-state index contributed by atoms with van der Waals surface area (Å²) in [6, 6.07) is 0. The van der Waals surface area contributed by atoms with Crippen LogP contribution in [-0.2, 0) is 20.8 Å². The van der Waals surface area contributed by atoms with Crippen molar-refractivity contribution in [3.63, 3.8) is 0 Å². The fourth-order valence-corrected chi connectivity index (χ4v) is 7.69. The standard InChI is InChI=1S/C21H36.2CH3.2ClH.Zr/c1-21(2,15-9-3-4-10-15)20-18-13-7-5-11-16(18)17-12-6-8-14-19(17)20;;;;;/h15-20H,3-14H2,1-2H3;2*1H3;2*1H;/q;2*-1;;;+4/p-2. The second-order valence-corrected chi connectivity index (χ2v) is 13.4. The molecule has 3 heteroatoms. The van der Waals surface area contributed by atoms with Crippen LogP contribution in [-0.4, -0.2) is 0 Å². The molecule has 0 aromatic carbocycles. The number of halogens is 2. The molecule has 4 rings (SSSR count). The summed E-state index contributed by atoms with van der Waals surface area (Å²) in [5.41, 5.74) is 0.632. The van der Waals surface area contributed by atoms with Crippen LogP contribution in [0.1, 0.15) is 90.9 Å². The molecule has 4 aliphatic carbocycles. The molecule has 0 N–H and O–H groups in total. The van der Waals surface area contributed by atoms with Crippen molar-refractivity contribution in [2.45, 2.75) is 90.9 Å². The Morgan fingerprint density at radius 2 is 0.923 bits per heavy atom. The maximum atomic E-state index is 4.93. The van der Waals surface area contributed by atoms with E-state index in [2.05, 4.69) is 13.8 Å². The van der Waals surface area contributed by atoms with Gasteiger partial charge in [-0.15, -0.1) is 0 Å². The van der Waals surface area contributed by atoms with Gasteiger partial charge in [-0.1, -0.05) is 52.4 Å². The number of hydrogen-bond acceptors (Lipinski definition) is 0. The van der Waals surface area contributed by atoms with Gasteiger partial charge in [0.15, 0.2) is 0 Å². The monoisotopic (exact) mass is 478 g/mol. The van der Waals surface area contributed by atoms with Crippen molar-refractivity contribution in [3.8, 4) is 0 Å². The second kappa shape index (κ2) is 11.6. The molecule has 4 atom stereocenters. The van der Waals surface area contributed by atoms with Crippen LogP contribution in [0, 0.1) is 55.8 Å². The Morgan fingerprint density at radius 3 is 1.31 bits per heavy atom. The van der Waals surface area contributed by atoms with Gasteiger partial charge in [0.25, 0.3) is 0 Å². The van der Waals surface area contributed by atoms with E-state index in [4.69, 9.17) is 17.0 Å². The summed E-state index contributed by atoms with van der Waals surface area (Å²) in [7, 11) is 9.87. The Bertz CT molecular complexity index is 370. The molecule has 0 heterocycles. The van der Waals surface area contributed by atoms with Crippen LogP contribution in [0.4, 0.5) is 0 Å². The minimum absolute atomic E-state index is 0. The molecular formula is C23H42Cl2Zr. The zero-order chi connectivity index (χ0) is 17.2. The third kappa shape index (κ3) is 5.14. The Kier molecular flexibility index (Phi) is 11.4. The van der Waals surface area contributed by atoms with E-state index in [0.29, 0.717) is 5.41 Å². The summed E-state index contributed by atoms with van der Waals surface area (Å²) in [5.74, 6) is 6.62. The number of fused-ring (bicyclic) bond motifs is 3. The van der Waals surface area contributed by atoms with E-state index in [1.54, 1.807) is 38.5 Å². The molecule has 4 saturated carbocycles. The topological polar surface area (TPSA) is 0 Å². The van der Waals surface area contributed by atoms with Gasteiger partial charge in [-0.2, -0.15) is 0 Å². The van der Waals surface area contributed by atoms with E-state index < -0.39 is 20.8 Å². The predicted octanol–water partition coefficient (Wildman–Crippen LogP) is 8.72. The molecule has 0 nitrogen and oxygen atoms in total. The van der Waals surface area contributed by atoms with E-state index in [9.17, 15) is 0 Å². The van der Waals surface area contributed by atoms with Crippen LogP contribution < -0.4 is 0 Å². The Labute approximate surface area is 183 Å². The molecule has 0 saturated heterocycles. The predicted molar refractivity (Wildman–Crippen MR) is 115 cm³/mol. The number of rotatable bonds is 2. The van der Waals surface area contributed by atoms with Crippen LogP contribution in [0.25, 0.3) is 0 Å². The summed E-state index contributed by atoms with van der Waals surface area (Å²) < 4.78 is 0. The normalized spacial score (nSPS) is 36.4. The summed E-state index contributed by atoms with van der Waals surface area (Å²) in [6.07, 6.45) is 18.6. The van der Waals surface area contributed by atoms with E-state index in [1.807, 2.05) is 0 Å². The molecule has 4 fully saturated rings. The SMILES string of the molecule is CC(C)(C1CCCC1)C1C2CCCCC2C2CCCCC21.[CH3-].[CH3-].[Cl][Zr+2][Cl]. The Hall–Kier alpha value is 1.46. The van der Waals surface area contributed by atoms with Gasteiger partial charge in [-0.05, 0) is 79.4 Å². The minimum atomic E-state index is -0.826. The molecule has 0 aromatic heterocycles. The van der Waals surface area contributed by atoms with Gasteiger partial charge < -0.3 is 14.9 Å². The van der Waals surface area contributed by atoms with Gasteiger partial charge >= 0.3 is 37.9 Å². The first-order chi connectivity index (χ1) is 11.6. The maximum absolute atomic E-state index is 4.93. The van der Waals surface area contributed by atoms with Gasteiger partial charge in [0.1, 0.15) is 0 Å². The van der Waals surface area contributed by atoms with Crippen LogP contribution in [0.3, 0.4) is 0 Å². The van der Waals surface area contributed by atoms with Crippen molar-refractivity contribution < 1.29 is 20.8 Å². The summed E-state index contributed by atoms with van der Waals surface area (Å²) >= 11 is -0.826. The summed E-state index contributed by atoms with van der Waals surface area (Å²) in [4.78, 5) is 0. The molecule has 0 radical (unpaired) electrons. The van der Waals surface area contributed by atoms with Crippen molar-refractivity contribution in [2.75, 3.05) is 0 Å². The van der Waals surface area contributed by atoms with Crippen molar-refractivity contribution >= 4 is 17.0 Å². The zero-order valence-electron chi connectivity index (χ0n) is 17.7. The molecule has 0 spiro atoms. The molecule has 0 aromatic rings. The number of hydrogen-bond donors (Lipinski definition) is 0. The fourth-order valence-electron chi connectivity index (χ4n) is 7.69. The third-order valence-electron chi connectivity index (χ3n) is 8.49. The second-order valence-electron chi connectivity index (χ2n) is 9.62. The Morgan fingerprint density at radius 1 is 0.615 bits per heavy atom. The van der Waals surface area contributed by atoms with Crippen LogP contribution in [0.15, 0.2) is 0 Å². The molecule has 0 amide bonds. The first-order valence-corrected chi connectivity index (χ1v) is 16.9. The van der Waals surface area contributed by atoms with E-state index >= 15 is 0 Å². The Balaban J connectivity index is 0.000000635. The van der Waals surface area contributed by atoms with Crippen molar-refractivity contribution in [3.05, 3.63) is 14.9 Å². The van der Waals surface area contributed by atoms with Gasteiger partial charge in [-0.3, -0.25) is 0 Å². The van der Waals surface area contributed by atoms with Crippen LogP contribution >= 0.6 is 17.0 Å². The van der Waals surface area contributed by atoms with Crippen molar-refractivity contribution in [1.29, 1.82) is 0 Å². The quantitative estimate of drug-likeness (QED) is 0.347. The first-order valence-electron chi connectivity index (χ1n) is 10.6. The van der Waals surface area contributed by atoms with Gasteiger partial charge in [0.05, 0.1) is 0 Å². The van der Waals surface area contributed by atoms with Crippen molar-refractivity contribution in [2.24, 2.45) is 40.9 Å². The van der Waals surface area contributed by atoms with Crippen molar-refractivity contribution in [1.82, 2.24) is 0 Å². The third-order valence-corrected chi connectivity index (χ3v) is 8.49. The molecule has 4 unspecified atom stereocenters. The fraction of sp³-hybridized carbons (Fsp3) is 0.913. The van der Waals surface area contributed by atoms with Gasteiger partial charge in [-0.25, -0.2) is 0 Å². The van der Waals surface area contributed by atoms with Crippen LogP contribution in [0.5, 0.6) is 0 Å². The van der Waals surface area contributed by atoms with Gasteiger partial charge in [0, 0.05) is 0 Å². The first kappa shape index (κ1) is 25.5. The van der Waals surface area contributed by atoms with Crippen LogP contribution in [0.2, 0.25) is 0 Å². The van der Waals surface area contributed by atoms with E-state index in [0.717, 1.165) is 35.5 Å². The molecular weight excluding hydrogens is 438 g/mol. The molecule has 4 aliphatic rings. The van der Waals surface area contributed by atoms with Gasteiger partial charge in [0.2, 0.25) is 0 Å². The molecule has 152 valence electrons. The summed E-state index contributed by atoms with van der Waals surface area (Å²) in [5, 5.41) is 0.